The van der Waals surface area contributed by atoms with Gasteiger partial charge in [0.15, 0.2) is 0 Å². The van der Waals surface area contributed by atoms with Crippen LogP contribution in [0.25, 0.3) is 0 Å². The topological polar surface area (TPSA) is 79.3 Å². The average molecular weight is 599 g/mol. The fourth-order valence-corrected chi connectivity index (χ4v) is 5.89. The molecule has 7 heteroatoms. The van der Waals surface area contributed by atoms with Crippen LogP contribution in [0.5, 0.6) is 0 Å². The second-order valence-corrected chi connectivity index (χ2v) is 12.6. The number of hydrogen-bond acceptors (Lipinski definition) is 6. The first-order valence-corrected chi connectivity index (χ1v) is 17.7. The molecule has 42 heavy (non-hydrogen) atoms. The maximum absolute atomic E-state index is 12.5. The Morgan fingerprint density at radius 1 is 0.667 bits per heavy atom. The molecule has 0 bridgehead atoms. The molecule has 0 aromatic rings. The molecule has 7 nitrogen and oxygen atoms in total. The maximum atomic E-state index is 12.5. The molecule has 0 radical (unpaired) electrons. The Balaban J connectivity index is 4.83. The molecule has 0 aliphatic heterocycles. The van der Waals surface area contributed by atoms with E-state index >= 15 is 0 Å². The molecule has 0 amide bonds. The third-order valence-electron chi connectivity index (χ3n) is 8.83. The summed E-state index contributed by atoms with van der Waals surface area (Å²) in [6, 6.07) is 0.929. The Bertz CT molecular complexity index is 645. The zero-order chi connectivity index (χ0) is 31.6. The summed E-state index contributed by atoms with van der Waals surface area (Å²) in [5, 5.41) is 8.97. The summed E-state index contributed by atoms with van der Waals surface area (Å²) >= 11 is 0. The number of ether oxygens (including phenoxy) is 2. The first-order valence-electron chi connectivity index (χ1n) is 17.7. The molecule has 0 heterocycles. The molecule has 0 aliphatic rings. The van der Waals surface area contributed by atoms with Crippen molar-refractivity contribution in [1.29, 1.82) is 0 Å². The number of aliphatic carboxylic acids is 1. The zero-order valence-corrected chi connectivity index (χ0v) is 28.8. The maximum Gasteiger partial charge on any atom is 0.508 e. The highest BCUT2D eigenvalue weighted by Gasteiger charge is 2.23. The van der Waals surface area contributed by atoms with Crippen LogP contribution in [0, 0.1) is 5.92 Å². The highest BCUT2D eigenvalue weighted by atomic mass is 16.7. The minimum atomic E-state index is -0.814. The van der Waals surface area contributed by atoms with E-state index in [1.807, 2.05) is 0 Å². The molecule has 0 fully saturated rings. The number of likely N-dealkylation sites (N-methyl/N-ethyl adjacent to an activating group) is 1. The lowest BCUT2D eigenvalue weighted by atomic mass is 9.88. The van der Waals surface area contributed by atoms with Gasteiger partial charge in [-0.3, -0.25) is 14.6 Å². The van der Waals surface area contributed by atoms with Crippen molar-refractivity contribution in [2.75, 3.05) is 32.8 Å². The molecule has 3 atom stereocenters. The fourth-order valence-electron chi connectivity index (χ4n) is 5.89. The summed E-state index contributed by atoms with van der Waals surface area (Å²) < 4.78 is 11.1. The number of carboxylic acids is 1. The molecule has 1 N–H and O–H groups in total. The summed E-state index contributed by atoms with van der Waals surface area (Å²) in [6.07, 6.45) is 17.4. The van der Waals surface area contributed by atoms with Gasteiger partial charge in [0.05, 0.1) is 0 Å². The SMILES string of the molecule is CCCCCCCC(CCCC)C(C)N(CC)CCN(CCOC(=O)OC(CCCCCC)CCCC(=O)O)C(C)C. The van der Waals surface area contributed by atoms with Gasteiger partial charge in [-0.25, -0.2) is 4.79 Å². The van der Waals surface area contributed by atoms with E-state index in [0.717, 1.165) is 57.7 Å². The van der Waals surface area contributed by atoms with Gasteiger partial charge in [0, 0.05) is 38.1 Å². The van der Waals surface area contributed by atoms with Crippen molar-refractivity contribution in [3.8, 4) is 0 Å². The molecule has 0 spiro atoms. The van der Waals surface area contributed by atoms with Crippen molar-refractivity contribution in [2.45, 2.75) is 176 Å². The van der Waals surface area contributed by atoms with Crippen molar-refractivity contribution < 1.29 is 24.2 Å². The number of carbonyl (C=O) groups excluding carboxylic acids is 1. The van der Waals surface area contributed by atoms with Crippen LogP contribution in [-0.2, 0) is 14.3 Å². The first-order chi connectivity index (χ1) is 20.2. The summed E-state index contributed by atoms with van der Waals surface area (Å²) in [7, 11) is 0. The first kappa shape index (κ1) is 40.7. The number of carboxylic acid groups (broad SMARTS) is 1. The Morgan fingerprint density at radius 2 is 1.21 bits per heavy atom. The fraction of sp³-hybridized carbons (Fsp3) is 0.943. The smallest absolute Gasteiger partial charge is 0.481 e. The second-order valence-electron chi connectivity index (χ2n) is 12.6. The largest absolute Gasteiger partial charge is 0.508 e. The number of nitrogens with zero attached hydrogens (tertiary/aromatic N) is 2. The van der Waals surface area contributed by atoms with Crippen molar-refractivity contribution in [3.63, 3.8) is 0 Å². The number of hydrogen-bond donors (Lipinski definition) is 1. The quantitative estimate of drug-likeness (QED) is 0.0679. The molecular weight excluding hydrogens is 528 g/mol. The normalized spacial score (nSPS) is 14.0. The Hall–Kier alpha value is -1.34. The van der Waals surface area contributed by atoms with E-state index in [4.69, 9.17) is 14.6 Å². The van der Waals surface area contributed by atoms with Crippen molar-refractivity contribution in [1.82, 2.24) is 9.80 Å². The lowest BCUT2D eigenvalue weighted by Crippen LogP contribution is -2.45. The molecule has 0 saturated carbocycles. The summed E-state index contributed by atoms with van der Waals surface area (Å²) in [6.45, 7) is 19.9. The van der Waals surface area contributed by atoms with Crippen LogP contribution in [0.4, 0.5) is 4.79 Å². The molecule has 0 aliphatic carbocycles. The summed E-state index contributed by atoms with van der Waals surface area (Å²) in [4.78, 5) is 28.5. The molecular formula is C35H70N2O5. The van der Waals surface area contributed by atoms with E-state index in [0.29, 0.717) is 38.1 Å². The van der Waals surface area contributed by atoms with Gasteiger partial charge in [0.2, 0.25) is 0 Å². The van der Waals surface area contributed by atoms with Crippen LogP contribution in [0.15, 0.2) is 0 Å². The van der Waals surface area contributed by atoms with E-state index in [1.54, 1.807) is 0 Å². The van der Waals surface area contributed by atoms with Crippen LogP contribution in [0.2, 0.25) is 0 Å². The van der Waals surface area contributed by atoms with Gasteiger partial charge < -0.3 is 14.6 Å². The third kappa shape index (κ3) is 21.4. The van der Waals surface area contributed by atoms with Crippen LogP contribution >= 0.6 is 0 Å². The molecule has 0 aromatic carbocycles. The van der Waals surface area contributed by atoms with Gasteiger partial charge in [0.25, 0.3) is 0 Å². The van der Waals surface area contributed by atoms with Gasteiger partial charge in [-0.05, 0) is 71.8 Å². The Labute approximate surface area is 260 Å². The van der Waals surface area contributed by atoms with E-state index in [2.05, 4.69) is 58.3 Å². The van der Waals surface area contributed by atoms with E-state index < -0.39 is 12.1 Å². The predicted octanol–water partition coefficient (Wildman–Crippen LogP) is 9.32. The second kappa shape index (κ2) is 27.2. The summed E-state index contributed by atoms with van der Waals surface area (Å²) in [5.41, 5.74) is 0. The van der Waals surface area contributed by atoms with E-state index in [9.17, 15) is 9.59 Å². The molecule has 3 unspecified atom stereocenters. The highest BCUT2D eigenvalue weighted by Crippen LogP contribution is 2.24. The Morgan fingerprint density at radius 3 is 1.81 bits per heavy atom. The minimum absolute atomic E-state index is 0.0962. The van der Waals surface area contributed by atoms with Crippen molar-refractivity contribution in [2.24, 2.45) is 5.92 Å². The monoisotopic (exact) mass is 599 g/mol. The summed E-state index contributed by atoms with van der Waals surface area (Å²) in [5.74, 6) is -0.0615. The van der Waals surface area contributed by atoms with E-state index in [-0.39, 0.29) is 12.5 Å². The average Bonchev–Trinajstić information content (AvgIpc) is 2.95. The predicted molar refractivity (Wildman–Crippen MR) is 176 cm³/mol. The Kier molecular flexibility index (Phi) is 26.4. The molecule has 0 aromatic heterocycles. The lowest BCUT2D eigenvalue weighted by Gasteiger charge is -2.36. The van der Waals surface area contributed by atoms with Crippen LogP contribution in [-0.4, -0.2) is 78.0 Å². The van der Waals surface area contributed by atoms with Gasteiger partial charge >= 0.3 is 12.1 Å². The standard InChI is InChI=1S/C35H70N2O5/c1-8-12-15-17-18-22-32(21-14-10-3)31(7)36(11-4)26-27-37(30(5)6)28-29-41-35(40)42-33(23-19-16-13-9-2)24-20-25-34(38)39/h30-33H,8-29H2,1-7H3,(H,38,39). The number of unbranched alkanes of at least 4 members (excludes halogenated alkanes) is 8. The zero-order valence-electron chi connectivity index (χ0n) is 28.8. The van der Waals surface area contributed by atoms with Gasteiger partial charge in [0.1, 0.15) is 12.7 Å². The number of carbonyl (C=O) groups is 2. The van der Waals surface area contributed by atoms with Gasteiger partial charge in [-0.15, -0.1) is 0 Å². The van der Waals surface area contributed by atoms with Crippen molar-refractivity contribution >= 4 is 12.1 Å². The van der Waals surface area contributed by atoms with Crippen LogP contribution < -0.4 is 0 Å². The third-order valence-corrected chi connectivity index (χ3v) is 8.83. The number of rotatable bonds is 29. The van der Waals surface area contributed by atoms with E-state index in [1.165, 1.54) is 57.8 Å². The molecule has 0 saturated heterocycles. The lowest BCUT2D eigenvalue weighted by molar-refractivity contribution is -0.137. The van der Waals surface area contributed by atoms with Crippen molar-refractivity contribution in [3.05, 3.63) is 0 Å². The minimum Gasteiger partial charge on any atom is -0.481 e. The molecule has 250 valence electrons. The van der Waals surface area contributed by atoms with Crippen LogP contribution in [0.1, 0.15) is 158 Å². The highest BCUT2D eigenvalue weighted by molar-refractivity contribution is 5.66. The van der Waals surface area contributed by atoms with Crippen LogP contribution in [0.3, 0.4) is 0 Å². The van der Waals surface area contributed by atoms with Gasteiger partial charge in [-0.1, -0.05) is 91.9 Å². The van der Waals surface area contributed by atoms with Gasteiger partial charge in [-0.2, -0.15) is 0 Å². The molecule has 0 rings (SSSR count).